The SMILES string of the molecule is CC1(C)CC2(CC(C)(C)C3CC(NC4C(O)CCC5C4C4(CC(C)(C)C6CC(N)C(O)CC64)CC5(C)C)C(O)CC32)C2CC(O)C(N)CC21. The Balaban J connectivity index is 1.10. The van der Waals surface area contributed by atoms with E-state index in [-0.39, 0.29) is 56.7 Å². The van der Waals surface area contributed by atoms with Crippen molar-refractivity contribution in [3.05, 3.63) is 0 Å². The largest absolute Gasteiger partial charge is 0.392 e. The molecule has 0 aromatic heterocycles. The van der Waals surface area contributed by atoms with Gasteiger partial charge in [-0.2, -0.15) is 0 Å². The van der Waals surface area contributed by atoms with E-state index >= 15 is 0 Å². The second-order valence-corrected chi connectivity index (χ2v) is 22.8. The topological polar surface area (TPSA) is 145 Å². The number of nitrogens with two attached hydrogens (primary N) is 2. The van der Waals surface area contributed by atoms with Crippen LogP contribution in [0, 0.1) is 79.8 Å². The number of aliphatic hydroxyl groups excluding tert-OH is 4. The van der Waals surface area contributed by atoms with Gasteiger partial charge in [-0.15, -0.1) is 0 Å². The van der Waals surface area contributed by atoms with Crippen LogP contribution in [-0.4, -0.2) is 69.0 Å². The van der Waals surface area contributed by atoms with Gasteiger partial charge in [0.2, 0.25) is 0 Å². The highest BCUT2D eigenvalue weighted by Crippen LogP contribution is 2.76. The minimum atomic E-state index is -0.454. The van der Waals surface area contributed by atoms with Crippen molar-refractivity contribution < 1.29 is 20.4 Å². The van der Waals surface area contributed by atoms with Crippen LogP contribution in [0.4, 0.5) is 0 Å². The molecule has 0 heterocycles. The predicted molar refractivity (Wildman–Crippen MR) is 194 cm³/mol. The summed E-state index contributed by atoms with van der Waals surface area (Å²) >= 11 is 0. The van der Waals surface area contributed by atoms with Crippen LogP contribution in [0.25, 0.3) is 0 Å². The van der Waals surface area contributed by atoms with Gasteiger partial charge in [-0.3, -0.25) is 0 Å². The summed E-state index contributed by atoms with van der Waals surface area (Å²) in [5.74, 6) is 3.65. The maximum atomic E-state index is 12.2. The average molecular weight is 684 g/mol. The molecule has 0 radical (unpaired) electrons. The van der Waals surface area contributed by atoms with Crippen molar-refractivity contribution in [2.45, 2.75) is 181 Å². The van der Waals surface area contributed by atoms with Gasteiger partial charge in [-0.25, -0.2) is 0 Å². The highest BCUT2D eigenvalue weighted by atomic mass is 16.3. The minimum Gasteiger partial charge on any atom is -0.392 e. The standard InChI is InChI=1S/C42H73N3O4/c1-37(2)19-42(20-40(7,8)23-12-29(44)33(48)15-27(23)42)35-21(37)9-10-31(46)36(35)45-30-13-24-26(16-34(30)49)41(18-39(24,5)6)17-38(3,4)22-11-28(43)32(47)14-25(22)41/h21-36,45-49H,9-20,43-44H2,1-8H3. The summed E-state index contributed by atoms with van der Waals surface area (Å²) in [5, 5.41) is 50.6. The van der Waals surface area contributed by atoms with Crippen molar-refractivity contribution in [2.24, 2.45) is 91.3 Å². The van der Waals surface area contributed by atoms with Crippen molar-refractivity contribution in [3.63, 3.8) is 0 Å². The number of hydrogen-bond donors (Lipinski definition) is 7. The smallest absolute Gasteiger partial charge is 0.0696 e. The zero-order valence-corrected chi connectivity index (χ0v) is 32.2. The Morgan fingerprint density at radius 2 is 0.857 bits per heavy atom. The van der Waals surface area contributed by atoms with Crippen molar-refractivity contribution in [3.8, 4) is 0 Å². The van der Waals surface area contributed by atoms with Crippen molar-refractivity contribution >= 4 is 0 Å². The number of hydrogen-bond acceptors (Lipinski definition) is 7. The average Bonchev–Trinajstić information content (AvgIpc) is 3.51. The third kappa shape index (κ3) is 5.04. The van der Waals surface area contributed by atoms with Gasteiger partial charge < -0.3 is 37.2 Å². The maximum Gasteiger partial charge on any atom is 0.0696 e. The molecule has 280 valence electrons. The van der Waals surface area contributed by atoms with E-state index in [4.69, 9.17) is 11.5 Å². The first kappa shape index (κ1) is 35.7. The molecule has 49 heavy (non-hydrogen) atoms. The van der Waals surface area contributed by atoms with E-state index < -0.39 is 24.4 Å². The molecule has 18 atom stereocenters. The van der Waals surface area contributed by atoms with E-state index in [1.165, 1.54) is 6.42 Å². The van der Waals surface area contributed by atoms with Crippen LogP contribution in [-0.2, 0) is 0 Å². The lowest BCUT2D eigenvalue weighted by atomic mass is 9.57. The van der Waals surface area contributed by atoms with Gasteiger partial charge in [-0.05, 0) is 157 Å². The maximum absolute atomic E-state index is 12.2. The summed E-state index contributed by atoms with van der Waals surface area (Å²) < 4.78 is 0. The molecular weight excluding hydrogens is 610 g/mol. The summed E-state index contributed by atoms with van der Waals surface area (Å²) in [5.41, 5.74) is 13.8. The Bertz CT molecular complexity index is 1300. The molecule has 0 aliphatic heterocycles. The summed E-state index contributed by atoms with van der Waals surface area (Å²) in [6.45, 7) is 19.7. The Hall–Kier alpha value is -0.280. The molecule has 0 aromatic rings. The normalized spacial score (nSPS) is 57.9. The molecule has 0 aromatic carbocycles. The van der Waals surface area contributed by atoms with Crippen LogP contribution in [0.15, 0.2) is 0 Å². The fourth-order valence-electron chi connectivity index (χ4n) is 17.2. The first-order chi connectivity index (χ1) is 22.6. The molecule has 7 nitrogen and oxygen atoms in total. The lowest BCUT2D eigenvalue weighted by Gasteiger charge is -2.53. The van der Waals surface area contributed by atoms with Crippen LogP contribution in [0.3, 0.4) is 0 Å². The fraction of sp³-hybridized carbons (Fsp3) is 1.00. The molecule has 2 spiro atoms. The molecule has 8 rings (SSSR count). The van der Waals surface area contributed by atoms with Crippen LogP contribution >= 0.6 is 0 Å². The molecule has 0 amide bonds. The van der Waals surface area contributed by atoms with Gasteiger partial charge in [-0.1, -0.05) is 55.4 Å². The van der Waals surface area contributed by atoms with Crippen LogP contribution in [0.1, 0.15) is 132 Å². The Morgan fingerprint density at radius 1 is 0.449 bits per heavy atom. The Kier molecular flexibility index (Phi) is 8.12. The molecule has 7 heteroatoms. The minimum absolute atomic E-state index is 0.0407. The molecule has 0 bridgehead atoms. The number of nitrogens with one attached hydrogen (secondary N) is 1. The second-order valence-electron chi connectivity index (χ2n) is 22.8. The molecular formula is C42H73N3O4. The van der Waals surface area contributed by atoms with E-state index in [1.54, 1.807) is 0 Å². The van der Waals surface area contributed by atoms with Gasteiger partial charge in [0, 0.05) is 24.2 Å². The quantitative estimate of drug-likeness (QED) is 0.212. The van der Waals surface area contributed by atoms with Gasteiger partial charge in [0.15, 0.2) is 0 Å². The summed E-state index contributed by atoms with van der Waals surface area (Å²) in [7, 11) is 0. The fourth-order valence-corrected chi connectivity index (χ4v) is 17.2. The molecule has 0 saturated heterocycles. The molecule has 8 saturated carbocycles. The number of fused-ring (bicyclic) bond motifs is 8. The zero-order valence-electron chi connectivity index (χ0n) is 32.2. The van der Waals surface area contributed by atoms with Crippen molar-refractivity contribution in [2.75, 3.05) is 0 Å². The number of aliphatic hydroxyl groups is 4. The van der Waals surface area contributed by atoms with E-state index in [1.807, 2.05) is 0 Å². The highest BCUT2D eigenvalue weighted by Gasteiger charge is 2.72. The Morgan fingerprint density at radius 3 is 1.37 bits per heavy atom. The first-order valence-corrected chi connectivity index (χ1v) is 20.6. The lowest BCUT2D eigenvalue weighted by molar-refractivity contribution is -0.0725. The molecule has 9 N–H and O–H groups in total. The van der Waals surface area contributed by atoms with Crippen LogP contribution in [0.5, 0.6) is 0 Å². The molecule has 8 aliphatic carbocycles. The third-order valence-electron chi connectivity index (χ3n) is 18.4. The van der Waals surface area contributed by atoms with Crippen LogP contribution in [0.2, 0.25) is 0 Å². The van der Waals surface area contributed by atoms with E-state index in [9.17, 15) is 20.4 Å². The van der Waals surface area contributed by atoms with E-state index in [2.05, 4.69) is 60.7 Å². The predicted octanol–water partition coefficient (Wildman–Crippen LogP) is 5.21. The summed E-state index contributed by atoms with van der Waals surface area (Å²) in [6, 6.07) is -0.372. The van der Waals surface area contributed by atoms with E-state index in [0.29, 0.717) is 47.3 Å². The summed E-state index contributed by atoms with van der Waals surface area (Å²) in [4.78, 5) is 0. The Labute approximate surface area is 297 Å². The number of rotatable bonds is 2. The highest BCUT2D eigenvalue weighted by molar-refractivity contribution is 5.22. The van der Waals surface area contributed by atoms with Gasteiger partial charge in [0.25, 0.3) is 0 Å². The first-order valence-electron chi connectivity index (χ1n) is 20.6. The molecule has 18 unspecified atom stereocenters. The summed E-state index contributed by atoms with van der Waals surface area (Å²) in [6.07, 6.45) is 9.85. The van der Waals surface area contributed by atoms with Crippen LogP contribution < -0.4 is 16.8 Å². The van der Waals surface area contributed by atoms with Crippen molar-refractivity contribution in [1.29, 1.82) is 0 Å². The van der Waals surface area contributed by atoms with E-state index in [0.717, 1.165) is 70.6 Å². The third-order valence-corrected chi connectivity index (χ3v) is 18.4. The molecule has 8 aliphatic rings. The van der Waals surface area contributed by atoms with Gasteiger partial charge in [0.05, 0.1) is 24.4 Å². The molecule has 8 fully saturated rings. The van der Waals surface area contributed by atoms with Gasteiger partial charge >= 0.3 is 0 Å². The lowest BCUT2D eigenvalue weighted by Crippen LogP contribution is -2.62. The van der Waals surface area contributed by atoms with Gasteiger partial charge in [0.1, 0.15) is 0 Å². The zero-order chi connectivity index (χ0) is 35.4. The monoisotopic (exact) mass is 684 g/mol. The second kappa shape index (κ2) is 11.1. The van der Waals surface area contributed by atoms with Crippen molar-refractivity contribution in [1.82, 2.24) is 5.32 Å².